The zero-order valence-electron chi connectivity index (χ0n) is 12.4. The molecule has 0 saturated carbocycles. The Labute approximate surface area is 141 Å². The number of hydrogen-bond donors (Lipinski definition) is 0. The van der Waals surface area contributed by atoms with Crippen molar-refractivity contribution in [2.75, 3.05) is 0 Å². The van der Waals surface area contributed by atoms with Crippen LogP contribution in [0, 0.1) is 13.8 Å². The van der Waals surface area contributed by atoms with Crippen LogP contribution in [0.1, 0.15) is 23.2 Å². The molecule has 2 aromatic heterocycles. The average Bonchev–Trinajstić information content (AvgIpc) is 3.13. The number of nitrogens with zero attached hydrogens (tertiary/aromatic N) is 4. The van der Waals surface area contributed by atoms with Gasteiger partial charge in [-0.1, -0.05) is 23.4 Å². The number of aryl methyl sites for hydroxylation is 2. The van der Waals surface area contributed by atoms with Crippen molar-refractivity contribution in [2.45, 2.75) is 31.4 Å². The molecule has 2 heterocycles. The van der Waals surface area contributed by atoms with Crippen LogP contribution < -0.4 is 4.74 Å². The predicted molar refractivity (Wildman–Crippen MR) is 83.4 cm³/mol. The van der Waals surface area contributed by atoms with E-state index in [4.69, 9.17) is 25.2 Å². The van der Waals surface area contributed by atoms with E-state index in [9.17, 15) is 0 Å². The summed E-state index contributed by atoms with van der Waals surface area (Å²) in [6.07, 6.45) is 0. The highest BCUT2D eigenvalue weighted by atomic mass is 35.5. The normalized spacial score (nSPS) is 10.9. The van der Waals surface area contributed by atoms with Gasteiger partial charge in [-0.3, -0.25) is 0 Å². The largest absolute Gasteiger partial charge is 0.484 e. The lowest BCUT2D eigenvalue weighted by Gasteiger charge is -2.06. The standard InChI is InChI=1S/C14H13ClN4O3S/c1-8-5-10(15)3-4-11(8)20-6-12-17-19-14(22-12)23-7-13-18-16-9(2)21-13/h3-5H,6-7H2,1-2H3. The summed E-state index contributed by atoms with van der Waals surface area (Å²) >= 11 is 7.23. The van der Waals surface area contributed by atoms with E-state index in [0.717, 1.165) is 11.3 Å². The molecule has 0 saturated heterocycles. The van der Waals surface area contributed by atoms with Crippen LogP contribution in [-0.4, -0.2) is 20.4 Å². The van der Waals surface area contributed by atoms with Crippen molar-refractivity contribution in [3.8, 4) is 5.75 Å². The van der Waals surface area contributed by atoms with E-state index in [0.29, 0.717) is 33.7 Å². The Kier molecular flexibility index (Phi) is 4.82. The zero-order valence-corrected chi connectivity index (χ0v) is 14.0. The Balaban J connectivity index is 1.54. The van der Waals surface area contributed by atoms with Gasteiger partial charge in [-0.05, 0) is 30.7 Å². The molecule has 0 amide bonds. The molecule has 7 nitrogen and oxygen atoms in total. The fraction of sp³-hybridized carbons (Fsp3) is 0.286. The summed E-state index contributed by atoms with van der Waals surface area (Å²) in [5.74, 6) is 2.63. The third-order valence-electron chi connectivity index (χ3n) is 2.82. The van der Waals surface area contributed by atoms with Crippen molar-refractivity contribution < 1.29 is 13.6 Å². The Morgan fingerprint density at radius 2 is 1.91 bits per heavy atom. The van der Waals surface area contributed by atoms with Gasteiger partial charge in [0.25, 0.3) is 11.1 Å². The van der Waals surface area contributed by atoms with Crippen LogP contribution in [-0.2, 0) is 12.4 Å². The lowest BCUT2D eigenvalue weighted by atomic mass is 10.2. The number of thioether (sulfide) groups is 1. The smallest absolute Gasteiger partial charge is 0.277 e. The number of rotatable bonds is 6. The lowest BCUT2D eigenvalue weighted by molar-refractivity contribution is 0.250. The van der Waals surface area contributed by atoms with Crippen LogP contribution in [0.3, 0.4) is 0 Å². The minimum atomic E-state index is 0.190. The fourth-order valence-electron chi connectivity index (χ4n) is 1.79. The molecular weight excluding hydrogens is 340 g/mol. The quantitative estimate of drug-likeness (QED) is 0.622. The van der Waals surface area contributed by atoms with Gasteiger partial charge >= 0.3 is 0 Å². The highest BCUT2D eigenvalue weighted by Crippen LogP contribution is 2.24. The molecule has 0 spiro atoms. The predicted octanol–water partition coefficient (Wildman–Crippen LogP) is 3.59. The molecule has 0 aliphatic heterocycles. The first-order valence-corrected chi connectivity index (χ1v) is 8.09. The van der Waals surface area contributed by atoms with Crippen molar-refractivity contribution in [1.82, 2.24) is 20.4 Å². The zero-order chi connectivity index (χ0) is 16.2. The van der Waals surface area contributed by atoms with Crippen molar-refractivity contribution in [2.24, 2.45) is 0 Å². The minimum Gasteiger partial charge on any atom is -0.484 e. The number of aromatic nitrogens is 4. The van der Waals surface area contributed by atoms with Gasteiger partial charge in [0.15, 0.2) is 6.61 Å². The van der Waals surface area contributed by atoms with E-state index in [-0.39, 0.29) is 6.61 Å². The van der Waals surface area contributed by atoms with E-state index in [1.807, 2.05) is 19.1 Å². The minimum absolute atomic E-state index is 0.190. The van der Waals surface area contributed by atoms with Gasteiger partial charge < -0.3 is 13.6 Å². The first kappa shape index (κ1) is 15.8. The summed E-state index contributed by atoms with van der Waals surface area (Å²) in [6.45, 7) is 3.85. The van der Waals surface area contributed by atoms with Gasteiger partial charge in [0, 0.05) is 11.9 Å². The molecule has 0 fully saturated rings. The van der Waals surface area contributed by atoms with Crippen LogP contribution in [0.4, 0.5) is 0 Å². The maximum absolute atomic E-state index is 5.91. The van der Waals surface area contributed by atoms with E-state index >= 15 is 0 Å². The molecule has 23 heavy (non-hydrogen) atoms. The van der Waals surface area contributed by atoms with E-state index in [2.05, 4.69) is 20.4 Å². The van der Waals surface area contributed by atoms with Gasteiger partial charge in [0.05, 0.1) is 5.75 Å². The Hall–Kier alpha value is -2.06. The van der Waals surface area contributed by atoms with Crippen molar-refractivity contribution in [1.29, 1.82) is 0 Å². The second kappa shape index (κ2) is 7.01. The second-order valence-corrected chi connectivity index (χ2v) is 6.03. The van der Waals surface area contributed by atoms with Crippen molar-refractivity contribution >= 4 is 23.4 Å². The van der Waals surface area contributed by atoms with Crippen LogP contribution in [0.25, 0.3) is 0 Å². The van der Waals surface area contributed by atoms with E-state index < -0.39 is 0 Å². The SMILES string of the molecule is Cc1nnc(CSc2nnc(COc3ccc(Cl)cc3C)o2)o1. The maximum Gasteiger partial charge on any atom is 0.277 e. The van der Waals surface area contributed by atoms with Crippen LogP contribution in [0.15, 0.2) is 32.3 Å². The molecule has 3 aromatic rings. The molecule has 0 atom stereocenters. The molecule has 0 unspecified atom stereocenters. The summed E-state index contributed by atoms with van der Waals surface area (Å²) in [6, 6.07) is 5.41. The molecular formula is C14H13ClN4O3S. The average molecular weight is 353 g/mol. The number of ether oxygens (including phenoxy) is 1. The number of halogens is 1. The third-order valence-corrected chi connectivity index (χ3v) is 3.86. The molecule has 120 valence electrons. The van der Waals surface area contributed by atoms with E-state index in [1.54, 1.807) is 13.0 Å². The summed E-state index contributed by atoms with van der Waals surface area (Å²) in [5, 5.41) is 16.6. The molecule has 0 radical (unpaired) electrons. The molecule has 0 aliphatic carbocycles. The van der Waals surface area contributed by atoms with Crippen LogP contribution in [0.2, 0.25) is 5.02 Å². The first-order chi connectivity index (χ1) is 11.1. The fourth-order valence-corrected chi connectivity index (χ4v) is 2.63. The second-order valence-electron chi connectivity index (χ2n) is 4.66. The van der Waals surface area contributed by atoms with E-state index in [1.165, 1.54) is 11.8 Å². The molecule has 3 rings (SSSR count). The van der Waals surface area contributed by atoms with Gasteiger partial charge in [0.2, 0.25) is 11.8 Å². The molecule has 0 bridgehead atoms. The topological polar surface area (TPSA) is 87.1 Å². The van der Waals surface area contributed by atoms with Crippen molar-refractivity contribution in [3.05, 3.63) is 46.5 Å². The maximum atomic E-state index is 5.91. The summed E-state index contributed by atoms with van der Waals surface area (Å²) in [7, 11) is 0. The van der Waals surface area contributed by atoms with Crippen LogP contribution in [0.5, 0.6) is 5.75 Å². The van der Waals surface area contributed by atoms with Gasteiger partial charge in [-0.2, -0.15) is 0 Å². The highest BCUT2D eigenvalue weighted by Gasteiger charge is 2.11. The Morgan fingerprint density at radius 3 is 2.65 bits per heavy atom. The molecule has 0 N–H and O–H groups in total. The Morgan fingerprint density at radius 1 is 1.09 bits per heavy atom. The number of benzene rings is 1. The number of hydrogen-bond acceptors (Lipinski definition) is 8. The highest BCUT2D eigenvalue weighted by molar-refractivity contribution is 7.98. The monoisotopic (exact) mass is 352 g/mol. The van der Waals surface area contributed by atoms with Gasteiger partial charge in [0.1, 0.15) is 5.75 Å². The third kappa shape index (κ3) is 4.23. The first-order valence-electron chi connectivity index (χ1n) is 6.73. The summed E-state index contributed by atoms with van der Waals surface area (Å²) < 4.78 is 16.4. The Bertz CT molecular complexity index is 805. The summed E-state index contributed by atoms with van der Waals surface area (Å²) in [5.41, 5.74) is 0.943. The molecule has 0 aliphatic rings. The summed E-state index contributed by atoms with van der Waals surface area (Å²) in [4.78, 5) is 0. The van der Waals surface area contributed by atoms with Crippen molar-refractivity contribution in [3.63, 3.8) is 0 Å². The van der Waals surface area contributed by atoms with Gasteiger partial charge in [-0.15, -0.1) is 20.4 Å². The van der Waals surface area contributed by atoms with Gasteiger partial charge in [-0.25, -0.2) is 0 Å². The van der Waals surface area contributed by atoms with Crippen LogP contribution >= 0.6 is 23.4 Å². The molecule has 1 aromatic carbocycles. The lowest BCUT2D eigenvalue weighted by Crippen LogP contribution is -1.97. The molecule has 9 heteroatoms.